The second-order valence-corrected chi connectivity index (χ2v) is 6.03. The summed E-state index contributed by atoms with van der Waals surface area (Å²) in [5, 5.41) is 11.3. The summed E-state index contributed by atoms with van der Waals surface area (Å²) in [6, 6.07) is 15.1. The highest BCUT2D eigenvalue weighted by Crippen LogP contribution is 2.22. The standard InChI is InChI=1S/C19H18FN5/c20-17-8-4-3-6-15(17)11-21-18-12-22-24-19(23-18)25-10-9-14-5-1-2-7-16(14)13-25/h1-8,12H,9-11,13H2,(H,21,23,24). The Morgan fingerprint density at radius 2 is 1.84 bits per heavy atom. The molecule has 0 aliphatic carbocycles. The van der Waals surface area contributed by atoms with Crippen molar-refractivity contribution in [2.75, 3.05) is 16.8 Å². The summed E-state index contributed by atoms with van der Waals surface area (Å²) in [6.07, 6.45) is 2.52. The zero-order valence-corrected chi connectivity index (χ0v) is 13.7. The fourth-order valence-corrected chi connectivity index (χ4v) is 3.01. The van der Waals surface area contributed by atoms with Crippen LogP contribution in [0.4, 0.5) is 16.2 Å². The first-order valence-electron chi connectivity index (χ1n) is 8.28. The molecule has 0 bridgehead atoms. The minimum Gasteiger partial charge on any atom is -0.364 e. The Balaban J connectivity index is 1.48. The molecule has 2 heterocycles. The van der Waals surface area contributed by atoms with Gasteiger partial charge in [-0.2, -0.15) is 10.1 Å². The van der Waals surface area contributed by atoms with E-state index in [4.69, 9.17) is 0 Å². The van der Waals surface area contributed by atoms with Gasteiger partial charge >= 0.3 is 0 Å². The normalized spacial score (nSPS) is 13.4. The van der Waals surface area contributed by atoms with Gasteiger partial charge in [-0.3, -0.25) is 0 Å². The Kier molecular flexibility index (Phi) is 4.24. The summed E-state index contributed by atoms with van der Waals surface area (Å²) in [6.45, 7) is 1.98. The summed E-state index contributed by atoms with van der Waals surface area (Å²) in [5.74, 6) is 0.949. The highest BCUT2D eigenvalue weighted by Gasteiger charge is 2.18. The Hall–Kier alpha value is -3.02. The van der Waals surface area contributed by atoms with Gasteiger partial charge in [0.1, 0.15) is 5.82 Å². The van der Waals surface area contributed by atoms with Crippen LogP contribution < -0.4 is 10.2 Å². The van der Waals surface area contributed by atoms with Gasteiger partial charge in [0, 0.05) is 25.2 Å². The fraction of sp³-hybridized carbons (Fsp3) is 0.211. The number of rotatable bonds is 4. The van der Waals surface area contributed by atoms with Crippen molar-refractivity contribution in [3.8, 4) is 0 Å². The molecular formula is C19H18FN5. The number of nitrogens with zero attached hydrogens (tertiary/aromatic N) is 4. The fourth-order valence-electron chi connectivity index (χ4n) is 3.01. The molecule has 3 aromatic rings. The van der Waals surface area contributed by atoms with E-state index in [9.17, 15) is 4.39 Å². The minimum atomic E-state index is -0.232. The average molecular weight is 335 g/mol. The Morgan fingerprint density at radius 3 is 2.72 bits per heavy atom. The van der Waals surface area contributed by atoms with Gasteiger partial charge in [-0.1, -0.05) is 42.5 Å². The van der Waals surface area contributed by atoms with Gasteiger partial charge in [0.2, 0.25) is 5.95 Å². The molecule has 5 nitrogen and oxygen atoms in total. The number of nitrogens with one attached hydrogen (secondary N) is 1. The van der Waals surface area contributed by atoms with Crippen LogP contribution in [0.15, 0.2) is 54.7 Å². The number of hydrogen-bond donors (Lipinski definition) is 1. The van der Waals surface area contributed by atoms with Crippen LogP contribution in [0.3, 0.4) is 0 Å². The van der Waals surface area contributed by atoms with Crippen LogP contribution in [0, 0.1) is 5.82 Å². The predicted octanol–water partition coefficient (Wildman–Crippen LogP) is 3.19. The molecule has 1 aliphatic heterocycles. The maximum absolute atomic E-state index is 13.7. The third-order valence-corrected chi connectivity index (χ3v) is 4.38. The Bertz CT molecular complexity index is 883. The number of aromatic nitrogens is 3. The SMILES string of the molecule is Fc1ccccc1CNc1cnnc(N2CCc3ccccc3C2)n1. The third kappa shape index (κ3) is 3.42. The summed E-state index contributed by atoms with van der Waals surface area (Å²) in [7, 11) is 0. The smallest absolute Gasteiger partial charge is 0.247 e. The predicted molar refractivity (Wildman–Crippen MR) is 94.7 cm³/mol. The summed E-state index contributed by atoms with van der Waals surface area (Å²) >= 11 is 0. The molecule has 0 radical (unpaired) electrons. The van der Waals surface area contributed by atoms with Crippen molar-refractivity contribution in [3.05, 3.63) is 77.2 Å². The Morgan fingerprint density at radius 1 is 1.04 bits per heavy atom. The monoisotopic (exact) mass is 335 g/mol. The minimum absolute atomic E-state index is 0.232. The van der Waals surface area contributed by atoms with Crippen molar-refractivity contribution in [1.29, 1.82) is 0 Å². The lowest BCUT2D eigenvalue weighted by molar-refractivity contribution is 0.612. The van der Waals surface area contributed by atoms with Crippen molar-refractivity contribution < 1.29 is 4.39 Å². The van der Waals surface area contributed by atoms with Gasteiger partial charge in [-0.05, 0) is 23.6 Å². The van der Waals surface area contributed by atoms with Crippen molar-refractivity contribution in [2.45, 2.75) is 19.5 Å². The van der Waals surface area contributed by atoms with Crippen molar-refractivity contribution >= 4 is 11.8 Å². The lowest BCUT2D eigenvalue weighted by Crippen LogP contribution is -2.32. The molecular weight excluding hydrogens is 317 g/mol. The van der Waals surface area contributed by atoms with Crippen LogP contribution in [0.25, 0.3) is 0 Å². The quantitative estimate of drug-likeness (QED) is 0.793. The van der Waals surface area contributed by atoms with Gasteiger partial charge in [-0.25, -0.2) is 4.39 Å². The van der Waals surface area contributed by atoms with E-state index < -0.39 is 0 Å². The molecule has 0 atom stereocenters. The van der Waals surface area contributed by atoms with Crippen LogP contribution in [0.5, 0.6) is 0 Å². The maximum atomic E-state index is 13.7. The highest BCUT2D eigenvalue weighted by atomic mass is 19.1. The molecule has 0 saturated heterocycles. The van der Waals surface area contributed by atoms with E-state index in [2.05, 4.69) is 43.6 Å². The van der Waals surface area contributed by atoms with Gasteiger partial charge in [0.15, 0.2) is 5.82 Å². The van der Waals surface area contributed by atoms with Gasteiger partial charge in [-0.15, -0.1) is 5.10 Å². The molecule has 1 aromatic heterocycles. The number of anilines is 2. The summed E-state index contributed by atoms with van der Waals surface area (Å²) in [4.78, 5) is 6.65. The molecule has 0 fully saturated rings. The Labute approximate surface area is 145 Å². The first-order valence-corrected chi connectivity index (χ1v) is 8.28. The molecule has 4 rings (SSSR count). The second kappa shape index (κ2) is 6.84. The first-order chi connectivity index (χ1) is 12.3. The largest absolute Gasteiger partial charge is 0.364 e. The van der Waals surface area contributed by atoms with Crippen LogP contribution in [-0.4, -0.2) is 21.7 Å². The van der Waals surface area contributed by atoms with E-state index in [1.54, 1.807) is 18.3 Å². The second-order valence-electron chi connectivity index (χ2n) is 6.03. The van der Waals surface area contributed by atoms with Gasteiger partial charge in [0.25, 0.3) is 0 Å². The topological polar surface area (TPSA) is 53.9 Å². The molecule has 0 spiro atoms. The summed E-state index contributed by atoms with van der Waals surface area (Å²) < 4.78 is 13.7. The summed E-state index contributed by atoms with van der Waals surface area (Å²) in [5.41, 5.74) is 3.26. The van der Waals surface area contributed by atoms with Crippen molar-refractivity contribution in [2.24, 2.45) is 0 Å². The number of fused-ring (bicyclic) bond motifs is 1. The zero-order valence-electron chi connectivity index (χ0n) is 13.7. The molecule has 6 heteroatoms. The molecule has 1 N–H and O–H groups in total. The van der Waals surface area contributed by atoms with Crippen LogP contribution in [-0.2, 0) is 19.5 Å². The molecule has 25 heavy (non-hydrogen) atoms. The molecule has 2 aromatic carbocycles. The first kappa shape index (κ1) is 15.5. The average Bonchev–Trinajstić information content (AvgIpc) is 2.67. The van der Waals surface area contributed by atoms with E-state index in [0.29, 0.717) is 23.9 Å². The van der Waals surface area contributed by atoms with Gasteiger partial charge in [0.05, 0.1) is 6.20 Å². The number of hydrogen-bond acceptors (Lipinski definition) is 5. The van der Waals surface area contributed by atoms with Crippen molar-refractivity contribution in [3.63, 3.8) is 0 Å². The lowest BCUT2D eigenvalue weighted by atomic mass is 10.0. The molecule has 126 valence electrons. The van der Waals surface area contributed by atoms with E-state index >= 15 is 0 Å². The van der Waals surface area contributed by atoms with E-state index in [-0.39, 0.29) is 5.82 Å². The van der Waals surface area contributed by atoms with Crippen LogP contribution >= 0.6 is 0 Å². The van der Waals surface area contributed by atoms with Crippen LogP contribution in [0.2, 0.25) is 0 Å². The van der Waals surface area contributed by atoms with E-state index in [1.807, 2.05) is 12.1 Å². The molecule has 0 unspecified atom stereocenters. The lowest BCUT2D eigenvalue weighted by Gasteiger charge is -2.28. The van der Waals surface area contributed by atoms with Crippen molar-refractivity contribution in [1.82, 2.24) is 15.2 Å². The maximum Gasteiger partial charge on any atom is 0.247 e. The zero-order chi connectivity index (χ0) is 17.1. The molecule has 1 aliphatic rings. The van der Waals surface area contributed by atoms with Crippen LogP contribution in [0.1, 0.15) is 16.7 Å². The highest BCUT2D eigenvalue weighted by molar-refractivity contribution is 5.43. The van der Waals surface area contributed by atoms with Gasteiger partial charge < -0.3 is 10.2 Å². The molecule has 0 saturated carbocycles. The third-order valence-electron chi connectivity index (χ3n) is 4.38. The molecule has 0 amide bonds. The number of benzene rings is 2. The van der Waals surface area contributed by atoms with E-state index in [0.717, 1.165) is 19.5 Å². The van der Waals surface area contributed by atoms with E-state index in [1.165, 1.54) is 17.2 Å². The number of halogens is 1.